The lowest BCUT2D eigenvalue weighted by atomic mass is 10.1. The summed E-state index contributed by atoms with van der Waals surface area (Å²) in [5.41, 5.74) is 5.95. The van der Waals surface area contributed by atoms with Crippen molar-refractivity contribution in [1.29, 1.82) is 0 Å². The van der Waals surface area contributed by atoms with Crippen LogP contribution in [0.15, 0.2) is 24.3 Å². The second-order valence-electron chi connectivity index (χ2n) is 3.62. The van der Waals surface area contributed by atoms with Crippen molar-refractivity contribution < 1.29 is 17.9 Å². The van der Waals surface area contributed by atoms with E-state index in [9.17, 15) is 13.2 Å². The average Bonchev–Trinajstić information content (AvgIpc) is 2.15. The molecule has 17 heavy (non-hydrogen) atoms. The Labute approximate surface area is 103 Å². The molecule has 6 heteroatoms. The minimum Gasteiger partial charge on any atom is -0.492 e. The van der Waals surface area contributed by atoms with Gasteiger partial charge in [-0.25, -0.2) is 0 Å². The molecule has 1 aromatic rings. The zero-order chi connectivity index (χ0) is 13.1. The summed E-state index contributed by atoms with van der Waals surface area (Å²) in [7, 11) is 0. The molecule has 0 aliphatic heterocycles. The number of nitrogens with two attached hydrogens (primary N) is 1. The molecule has 0 aliphatic carbocycles. The Bertz CT molecular complexity index is 406. The van der Waals surface area contributed by atoms with Crippen LogP contribution >= 0.6 is 12.2 Å². The van der Waals surface area contributed by atoms with Crippen LogP contribution in [0.4, 0.5) is 13.2 Å². The Morgan fingerprint density at radius 3 is 2.59 bits per heavy atom. The number of halogens is 3. The third-order valence-corrected chi connectivity index (χ3v) is 2.43. The van der Waals surface area contributed by atoms with Gasteiger partial charge < -0.3 is 10.5 Å². The average molecular weight is 263 g/mol. The Morgan fingerprint density at radius 2 is 2.12 bits per heavy atom. The number of benzene rings is 1. The first kappa shape index (κ1) is 13.8. The number of ether oxygens (including phenoxy) is 1. The van der Waals surface area contributed by atoms with Crippen LogP contribution in [0.1, 0.15) is 5.56 Å². The van der Waals surface area contributed by atoms with Crippen LogP contribution in [-0.2, 0) is 0 Å². The summed E-state index contributed by atoms with van der Waals surface area (Å²) in [6.45, 7) is 1.23. The van der Waals surface area contributed by atoms with Crippen LogP contribution in [0.25, 0.3) is 0 Å². The van der Waals surface area contributed by atoms with Gasteiger partial charge in [0.1, 0.15) is 18.3 Å². The Balaban J connectivity index is 2.68. The fraction of sp³-hybridized carbons (Fsp3) is 0.364. The SMILES string of the molecule is Cc1cccc(OCC(C(N)=S)C(F)(F)F)c1. The van der Waals surface area contributed by atoms with E-state index < -0.39 is 23.7 Å². The number of alkyl halides is 3. The molecule has 1 rings (SSSR count). The lowest BCUT2D eigenvalue weighted by molar-refractivity contribution is -0.161. The Morgan fingerprint density at radius 1 is 1.47 bits per heavy atom. The number of hydrogen-bond acceptors (Lipinski definition) is 2. The Hall–Kier alpha value is -1.30. The molecule has 0 heterocycles. The van der Waals surface area contributed by atoms with E-state index >= 15 is 0 Å². The molecule has 0 saturated heterocycles. The molecule has 0 fully saturated rings. The highest BCUT2D eigenvalue weighted by atomic mass is 32.1. The van der Waals surface area contributed by atoms with Crippen molar-refractivity contribution in [1.82, 2.24) is 0 Å². The highest BCUT2D eigenvalue weighted by molar-refractivity contribution is 7.80. The first-order valence-corrected chi connectivity index (χ1v) is 5.27. The van der Waals surface area contributed by atoms with Crippen LogP contribution in [-0.4, -0.2) is 17.8 Å². The molecule has 1 aromatic carbocycles. The Kier molecular flexibility index (Phi) is 4.34. The molecule has 0 radical (unpaired) electrons. The maximum absolute atomic E-state index is 12.5. The molecule has 1 unspecified atom stereocenters. The normalized spacial score (nSPS) is 13.2. The van der Waals surface area contributed by atoms with Crippen LogP contribution in [0.3, 0.4) is 0 Å². The van der Waals surface area contributed by atoms with Crippen LogP contribution in [0.5, 0.6) is 5.75 Å². The third-order valence-electron chi connectivity index (χ3n) is 2.14. The fourth-order valence-electron chi connectivity index (χ4n) is 1.22. The van der Waals surface area contributed by atoms with Crippen molar-refractivity contribution >= 4 is 17.2 Å². The van der Waals surface area contributed by atoms with E-state index in [1.807, 2.05) is 13.0 Å². The minimum absolute atomic E-state index is 0.371. The van der Waals surface area contributed by atoms with Crippen molar-refractivity contribution in [2.75, 3.05) is 6.61 Å². The highest BCUT2D eigenvalue weighted by Crippen LogP contribution is 2.27. The van der Waals surface area contributed by atoms with Gasteiger partial charge in [-0.05, 0) is 24.6 Å². The van der Waals surface area contributed by atoms with Crippen molar-refractivity contribution in [3.63, 3.8) is 0 Å². The molecule has 0 aromatic heterocycles. The summed E-state index contributed by atoms with van der Waals surface area (Å²) in [5, 5.41) is 0. The summed E-state index contributed by atoms with van der Waals surface area (Å²) in [5.74, 6) is -1.55. The van der Waals surface area contributed by atoms with E-state index in [0.29, 0.717) is 5.75 Å². The van der Waals surface area contributed by atoms with Gasteiger partial charge in [0.05, 0.1) is 4.99 Å². The van der Waals surface area contributed by atoms with Gasteiger partial charge in [0.2, 0.25) is 0 Å². The third kappa shape index (κ3) is 4.22. The summed E-state index contributed by atoms with van der Waals surface area (Å²) >= 11 is 4.38. The predicted molar refractivity (Wildman–Crippen MR) is 63.0 cm³/mol. The van der Waals surface area contributed by atoms with Crippen LogP contribution in [0, 0.1) is 12.8 Å². The number of rotatable bonds is 4. The summed E-state index contributed by atoms with van der Waals surface area (Å²) in [6, 6.07) is 6.75. The van der Waals surface area contributed by atoms with E-state index in [1.165, 1.54) is 0 Å². The molecule has 0 spiro atoms. The van der Waals surface area contributed by atoms with Gasteiger partial charge >= 0.3 is 6.18 Å². The standard InChI is InChI=1S/C11H12F3NOS/c1-7-3-2-4-8(5-7)16-6-9(10(15)17)11(12,13)14/h2-5,9H,6H2,1H3,(H2,15,17). The number of hydrogen-bond donors (Lipinski definition) is 1. The second kappa shape index (κ2) is 5.35. The topological polar surface area (TPSA) is 35.2 Å². The summed E-state index contributed by atoms with van der Waals surface area (Å²) in [4.78, 5) is -0.606. The first-order chi connectivity index (χ1) is 7.80. The van der Waals surface area contributed by atoms with Gasteiger partial charge in [0.15, 0.2) is 0 Å². The van der Waals surface area contributed by atoms with Gasteiger partial charge in [0, 0.05) is 0 Å². The van der Waals surface area contributed by atoms with Gasteiger partial charge in [-0.2, -0.15) is 13.2 Å². The second-order valence-corrected chi connectivity index (χ2v) is 4.10. The van der Waals surface area contributed by atoms with Gasteiger partial charge in [-0.1, -0.05) is 24.4 Å². The molecule has 94 valence electrons. The van der Waals surface area contributed by atoms with E-state index in [1.54, 1.807) is 18.2 Å². The van der Waals surface area contributed by atoms with Crippen molar-refractivity contribution in [3.05, 3.63) is 29.8 Å². The van der Waals surface area contributed by atoms with E-state index in [4.69, 9.17) is 10.5 Å². The van der Waals surface area contributed by atoms with Gasteiger partial charge in [-0.3, -0.25) is 0 Å². The van der Waals surface area contributed by atoms with E-state index in [0.717, 1.165) is 5.56 Å². The monoisotopic (exact) mass is 263 g/mol. The first-order valence-electron chi connectivity index (χ1n) is 4.86. The van der Waals surface area contributed by atoms with E-state index in [-0.39, 0.29) is 0 Å². The smallest absolute Gasteiger partial charge is 0.401 e. The lowest BCUT2D eigenvalue weighted by Crippen LogP contribution is -2.38. The molecular formula is C11H12F3NOS. The minimum atomic E-state index is -4.48. The highest BCUT2D eigenvalue weighted by Gasteiger charge is 2.42. The maximum Gasteiger partial charge on any atom is 0.401 e. The number of thiocarbonyl (C=S) groups is 1. The van der Waals surface area contributed by atoms with Crippen LogP contribution < -0.4 is 10.5 Å². The molecule has 0 aliphatic rings. The molecule has 0 bridgehead atoms. The maximum atomic E-state index is 12.5. The molecule has 0 saturated carbocycles. The predicted octanol–water partition coefficient (Wildman–Crippen LogP) is 2.84. The summed E-state index contributed by atoms with van der Waals surface area (Å²) < 4.78 is 42.6. The van der Waals surface area contributed by atoms with Gasteiger partial charge in [-0.15, -0.1) is 0 Å². The van der Waals surface area contributed by atoms with Crippen molar-refractivity contribution in [2.24, 2.45) is 11.7 Å². The lowest BCUT2D eigenvalue weighted by Gasteiger charge is -2.19. The van der Waals surface area contributed by atoms with E-state index in [2.05, 4.69) is 12.2 Å². The van der Waals surface area contributed by atoms with Crippen molar-refractivity contribution in [3.8, 4) is 5.75 Å². The fourth-order valence-corrected chi connectivity index (χ4v) is 1.42. The van der Waals surface area contributed by atoms with Gasteiger partial charge in [0.25, 0.3) is 0 Å². The quantitative estimate of drug-likeness (QED) is 0.848. The zero-order valence-corrected chi connectivity index (χ0v) is 9.94. The molecule has 0 amide bonds. The molecule has 1 atom stereocenters. The van der Waals surface area contributed by atoms with Crippen LogP contribution in [0.2, 0.25) is 0 Å². The molecule has 2 nitrogen and oxygen atoms in total. The largest absolute Gasteiger partial charge is 0.492 e. The number of aryl methyl sites for hydroxylation is 1. The summed E-state index contributed by atoms with van der Waals surface area (Å²) in [6.07, 6.45) is -4.48. The zero-order valence-electron chi connectivity index (χ0n) is 9.12. The molecular weight excluding hydrogens is 251 g/mol. The van der Waals surface area contributed by atoms with Crippen molar-refractivity contribution in [2.45, 2.75) is 13.1 Å². The molecule has 2 N–H and O–H groups in total.